The summed E-state index contributed by atoms with van der Waals surface area (Å²) >= 11 is 0. The lowest BCUT2D eigenvalue weighted by atomic mass is 10.0. The summed E-state index contributed by atoms with van der Waals surface area (Å²) in [6.07, 6.45) is 9.56. The molecule has 0 bridgehead atoms. The van der Waals surface area contributed by atoms with E-state index in [9.17, 15) is 14.7 Å². The van der Waals surface area contributed by atoms with Crippen molar-refractivity contribution in [2.45, 2.75) is 76.3 Å². The van der Waals surface area contributed by atoms with Gasteiger partial charge in [0.25, 0.3) is 0 Å². The van der Waals surface area contributed by atoms with Crippen LogP contribution in [0.15, 0.2) is 36.4 Å². The molecule has 1 aromatic heterocycles. The number of aromatic nitrogens is 1. The summed E-state index contributed by atoms with van der Waals surface area (Å²) in [6.45, 7) is 2.67. The summed E-state index contributed by atoms with van der Waals surface area (Å²) < 4.78 is 0. The largest absolute Gasteiger partial charge is 0.480 e. The summed E-state index contributed by atoms with van der Waals surface area (Å²) in [5.74, 6) is -0.192. The van der Waals surface area contributed by atoms with Gasteiger partial charge in [0.05, 0.1) is 0 Å². The second-order valence-electron chi connectivity index (χ2n) is 10.6. The molecule has 1 amide bonds. The Balaban J connectivity index is 1.07. The third-order valence-corrected chi connectivity index (χ3v) is 7.88. The maximum absolute atomic E-state index is 12.9. The van der Waals surface area contributed by atoms with Crippen LogP contribution in [-0.4, -0.2) is 58.6 Å². The Labute approximate surface area is 213 Å². The highest BCUT2D eigenvalue weighted by atomic mass is 16.4. The van der Waals surface area contributed by atoms with Gasteiger partial charge < -0.3 is 20.6 Å². The van der Waals surface area contributed by atoms with Crippen LogP contribution in [0.2, 0.25) is 0 Å². The van der Waals surface area contributed by atoms with Crippen molar-refractivity contribution in [2.24, 2.45) is 5.92 Å². The van der Waals surface area contributed by atoms with E-state index in [1.54, 1.807) is 0 Å². The van der Waals surface area contributed by atoms with E-state index >= 15 is 0 Å². The third kappa shape index (κ3) is 6.25. The molecular formula is C29H38N4O3. The Morgan fingerprint density at radius 2 is 1.83 bits per heavy atom. The number of benzene rings is 1. The molecule has 1 aromatic carbocycles. The number of nitrogens with one attached hydrogen (secondary N) is 2. The van der Waals surface area contributed by atoms with Gasteiger partial charge in [-0.3, -0.25) is 4.79 Å². The van der Waals surface area contributed by atoms with Crippen LogP contribution in [0.1, 0.15) is 60.9 Å². The van der Waals surface area contributed by atoms with E-state index in [0.717, 1.165) is 50.3 Å². The first-order chi connectivity index (χ1) is 17.6. The molecule has 5 rings (SSSR count). The number of carboxylic acid groups (broad SMARTS) is 1. The van der Waals surface area contributed by atoms with Crippen LogP contribution >= 0.6 is 0 Å². The van der Waals surface area contributed by atoms with E-state index in [0.29, 0.717) is 31.8 Å². The van der Waals surface area contributed by atoms with Gasteiger partial charge in [0.15, 0.2) is 0 Å². The number of amides is 1. The SMILES string of the molecule is O=C(N[C@@H](CCN(CCCCc1ccc2c(n1)NCCC2)C1CC1)C(=O)O)C1Cc2ccccc2C1. The molecular weight excluding hydrogens is 452 g/mol. The number of fused-ring (bicyclic) bond motifs is 2. The molecule has 7 nitrogen and oxygen atoms in total. The fourth-order valence-corrected chi connectivity index (χ4v) is 5.63. The highest BCUT2D eigenvalue weighted by molar-refractivity contribution is 5.85. The zero-order valence-electron chi connectivity index (χ0n) is 21.0. The predicted molar refractivity (Wildman–Crippen MR) is 140 cm³/mol. The van der Waals surface area contributed by atoms with Gasteiger partial charge in [-0.25, -0.2) is 9.78 Å². The molecule has 192 valence electrons. The third-order valence-electron chi connectivity index (χ3n) is 7.88. The molecule has 2 heterocycles. The second kappa shape index (κ2) is 11.4. The number of carboxylic acids is 1. The van der Waals surface area contributed by atoms with E-state index in [1.807, 2.05) is 12.1 Å². The Kier molecular flexibility index (Phi) is 7.85. The Morgan fingerprint density at radius 3 is 2.56 bits per heavy atom. The number of rotatable bonds is 12. The number of hydrogen-bond donors (Lipinski definition) is 3. The maximum atomic E-state index is 12.9. The molecule has 2 aromatic rings. The molecule has 36 heavy (non-hydrogen) atoms. The van der Waals surface area contributed by atoms with Crippen molar-refractivity contribution in [3.8, 4) is 0 Å². The van der Waals surface area contributed by atoms with E-state index in [-0.39, 0.29) is 11.8 Å². The van der Waals surface area contributed by atoms with Crippen molar-refractivity contribution in [2.75, 3.05) is 25.0 Å². The first kappa shape index (κ1) is 24.8. The van der Waals surface area contributed by atoms with Crippen LogP contribution in [0.4, 0.5) is 5.82 Å². The number of pyridine rings is 1. The number of nitrogens with zero attached hydrogens (tertiary/aromatic N) is 2. The Hall–Kier alpha value is -2.93. The molecule has 0 saturated heterocycles. The number of unbranched alkanes of at least 4 members (excludes halogenated alkanes) is 1. The van der Waals surface area contributed by atoms with Crippen LogP contribution in [-0.2, 0) is 35.3 Å². The van der Waals surface area contributed by atoms with Crippen LogP contribution in [0, 0.1) is 5.92 Å². The Bertz CT molecular complexity index is 1060. The minimum atomic E-state index is -0.943. The molecule has 0 spiro atoms. The molecule has 0 radical (unpaired) electrons. The zero-order chi connectivity index (χ0) is 24.9. The maximum Gasteiger partial charge on any atom is 0.326 e. The van der Waals surface area contributed by atoms with Crippen LogP contribution in [0.25, 0.3) is 0 Å². The normalized spacial score (nSPS) is 17.8. The minimum Gasteiger partial charge on any atom is -0.480 e. The molecule has 1 fully saturated rings. The van der Waals surface area contributed by atoms with Crippen LogP contribution in [0.5, 0.6) is 0 Å². The van der Waals surface area contributed by atoms with Crippen molar-refractivity contribution < 1.29 is 14.7 Å². The molecule has 7 heteroatoms. The number of hydrogen-bond acceptors (Lipinski definition) is 5. The van der Waals surface area contributed by atoms with Crippen molar-refractivity contribution >= 4 is 17.7 Å². The van der Waals surface area contributed by atoms with Gasteiger partial charge >= 0.3 is 5.97 Å². The standard InChI is InChI=1S/C29H38N4O3/c34-28(23-18-21-6-1-2-7-22(21)19-23)32-26(29(35)36)14-17-33(25-12-13-25)16-4-3-9-24-11-10-20-8-5-15-30-27(20)31-24/h1-2,6-7,10-11,23,25-26H,3-5,8-9,12-19H2,(H,30,31)(H,32,34)(H,35,36)/t26-/m0/s1. The molecule has 0 unspecified atom stereocenters. The lowest BCUT2D eigenvalue weighted by Gasteiger charge is -2.25. The van der Waals surface area contributed by atoms with E-state index < -0.39 is 12.0 Å². The van der Waals surface area contributed by atoms with Gasteiger partial charge in [-0.2, -0.15) is 0 Å². The number of aliphatic carboxylic acids is 1. The minimum absolute atomic E-state index is 0.136. The first-order valence-electron chi connectivity index (χ1n) is 13.6. The van der Waals surface area contributed by atoms with Gasteiger partial charge in [-0.05, 0) is 93.5 Å². The van der Waals surface area contributed by atoms with Gasteiger partial charge in [0.2, 0.25) is 5.91 Å². The van der Waals surface area contributed by atoms with Crippen molar-refractivity contribution in [3.05, 3.63) is 58.8 Å². The lowest BCUT2D eigenvalue weighted by molar-refractivity contribution is -0.142. The smallest absolute Gasteiger partial charge is 0.326 e. The average Bonchev–Trinajstić information content (AvgIpc) is 3.64. The lowest BCUT2D eigenvalue weighted by Crippen LogP contribution is -2.46. The average molecular weight is 491 g/mol. The second-order valence-corrected chi connectivity index (χ2v) is 10.6. The molecule has 3 aliphatic rings. The quantitative estimate of drug-likeness (QED) is 0.394. The number of carbonyl (C=O) groups excluding carboxylic acids is 1. The molecule has 2 aliphatic carbocycles. The monoisotopic (exact) mass is 490 g/mol. The van der Waals surface area contributed by atoms with Gasteiger partial charge in [0.1, 0.15) is 11.9 Å². The summed E-state index contributed by atoms with van der Waals surface area (Å²) in [7, 11) is 0. The molecule has 3 N–H and O–H groups in total. The molecule has 1 aliphatic heterocycles. The van der Waals surface area contributed by atoms with Gasteiger partial charge in [0, 0.05) is 30.7 Å². The fraction of sp³-hybridized carbons (Fsp3) is 0.552. The molecule has 1 atom stereocenters. The van der Waals surface area contributed by atoms with Crippen molar-refractivity contribution in [1.82, 2.24) is 15.2 Å². The Morgan fingerprint density at radius 1 is 1.06 bits per heavy atom. The van der Waals surface area contributed by atoms with E-state index in [2.05, 4.69) is 39.8 Å². The number of carbonyl (C=O) groups is 2. The first-order valence-corrected chi connectivity index (χ1v) is 13.6. The van der Waals surface area contributed by atoms with E-state index in [4.69, 9.17) is 4.98 Å². The van der Waals surface area contributed by atoms with Crippen molar-refractivity contribution in [1.29, 1.82) is 0 Å². The number of anilines is 1. The van der Waals surface area contributed by atoms with Crippen LogP contribution in [0.3, 0.4) is 0 Å². The summed E-state index contributed by atoms with van der Waals surface area (Å²) in [5.41, 5.74) is 4.86. The highest BCUT2D eigenvalue weighted by Gasteiger charge is 2.32. The molecule has 1 saturated carbocycles. The summed E-state index contributed by atoms with van der Waals surface area (Å²) in [4.78, 5) is 32.0. The van der Waals surface area contributed by atoms with Crippen molar-refractivity contribution in [3.63, 3.8) is 0 Å². The van der Waals surface area contributed by atoms with Gasteiger partial charge in [-0.1, -0.05) is 30.3 Å². The summed E-state index contributed by atoms with van der Waals surface area (Å²) in [5, 5.41) is 16.0. The van der Waals surface area contributed by atoms with Gasteiger partial charge in [-0.15, -0.1) is 0 Å². The topological polar surface area (TPSA) is 94.6 Å². The highest BCUT2D eigenvalue weighted by Crippen LogP contribution is 2.29. The van der Waals surface area contributed by atoms with Crippen LogP contribution < -0.4 is 10.6 Å². The number of aryl methyl sites for hydroxylation is 2. The predicted octanol–water partition coefficient (Wildman–Crippen LogP) is 3.60. The zero-order valence-corrected chi connectivity index (χ0v) is 21.0. The summed E-state index contributed by atoms with van der Waals surface area (Å²) in [6, 6.07) is 12.2. The fourth-order valence-electron chi connectivity index (χ4n) is 5.63. The van der Waals surface area contributed by atoms with E-state index in [1.165, 1.54) is 36.0 Å².